The Bertz CT molecular complexity index is 1020. The van der Waals surface area contributed by atoms with Crippen LogP contribution >= 0.6 is 0 Å². The van der Waals surface area contributed by atoms with Gasteiger partial charge in [0, 0.05) is 17.8 Å². The Hall–Kier alpha value is -3.17. The molecule has 2 unspecified atom stereocenters. The number of carbonyl (C=O) groups is 2. The van der Waals surface area contributed by atoms with Crippen LogP contribution in [0.3, 0.4) is 0 Å². The van der Waals surface area contributed by atoms with Gasteiger partial charge in [0.1, 0.15) is 16.8 Å². The Morgan fingerprint density at radius 1 is 1.09 bits per heavy atom. The first-order valence-corrected chi connectivity index (χ1v) is 11.1. The van der Waals surface area contributed by atoms with E-state index in [0.29, 0.717) is 23.3 Å². The Kier molecular flexibility index (Phi) is 8.63. The van der Waals surface area contributed by atoms with Crippen LogP contribution in [-0.4, -0.2) is 34.0 Å². The molecule has 2 atom stereocenters. The maximum Gasteiger partial charge on any atom is 0.411 e. The molecule has 186 valence electrons. The van der Waals surface area contributed by atoms with Gasteiger partial charge in [0.2, 0.25) is 5.88 Å². The van der Waals surface area contributed by atoms with E-state index in [1.807, 2.05) is 13.8 Å². The van der Waals surface area contributed by atoms with Crippen molar-refractivity contribution in [2.75, 3.05) is 0 Å². The molecule has 1 heterocycles. The highest BCUT2D eigenvalue weighted by atomic mass is 16.6. The number of aliphatic hydroxyl groups is 1. The summed E-state index contributed by atoms with van der Waals surface area (Å²) in [5, 5.41) is 9.98. The third kappa shape index (κ3) is 7.16. The zero-order valence-corrected chi connectivity index (χ0v) is 20.6. The van der Waals surface area contributed by atoms with Crippen LogP contribution in [-0.2, 0) is 16.1 Å². The van der Waals surface area contributed by atoms with Crippen LogP contribution in [0.15, 0.2) is 36.5 Å². The lowest BCUT2D eigenvalue weighted by Gasteiger charge is -2.37. The van der Waals surface area contributed by atoms with Gasteiger partial charge in [-0.15, -0.1) is 0 Å². The fraction of sp³-hybridized carbons (Fsp3) is 0.480. The summed E-state index contributed by atoms with van der Waals surface area (Å²) in [7, 11) is 0. The number of hydrogen-bond donors (Lipinski definition) is 3. The Labute approximate surface area is 200 Å². The SMILES string of the molecule is CC(C)CC(C)(C(=O)OC(C)(C)C)C(N)Oc1ccc(-c2ccnc(OC(N)=O)c2)cc1CO. The van der Waals surface area contributed by atoms with E-state index in [1.165, 1.54) is 6.20 Å². The number of aromatic nitrogens is 1. The first-order chi connectivity index (χ1) is 15.7. The Morgan fingerprint density at radius 2 is 1.74 bits per heavy atom. The topological polar surface area (TPSA) is 147 Å². The van der Waals surface area contributed by atoms with E-state index in [-0.39, 0.29) is 18.4 Å². The second kappa shape index (κ2) is 10.8. The number of nitrogens with two attached hydrogens (primary N) is 2. The summed E-state index contributed by atoms with van der Waals surface area (Å²) in [4.78, 5) is 28.0. The van der Waals surface area contributed by atoms with Crippen molar-refractivity contribution in [1.82, 2.24) is 4.98 Å². The highest BCUT2D eigenvalue weighted by Crippen LogP contribution is 2.35. The molecule has 5 N–H and O–H groups in total. The number of ether oxygens (including phenoxy) is 3. The third-order valence-corrected chi connectivity index (χ3v) is 5.08. The number of carbonyl (C=O) groups excluding carboxylic acids is 2. The minimum absolute atomic E-state index is 0.0553. The van der Waals surface area contributed by atoms with E-state index in [1.54, 1.807) is 58.0 Å². The summed E-state index contributed by atoms with van der Waals surface area (Å²) >= 11 is 0. The molecule has 34 heavy (non-hydrogen) atoms. The van der Waals surface area contributed by atoms with Crippen LogP contribution in [0.25, 0.3) is 11.1 Å². The summed E-state index contributed by atoms with van der Waals surface area (Å²) in [6.07, 6.45) is -0.0507. The number of benzene rings is 1. The second-order valence-corrected chi connectivity index (χ2v) is 9.84. The maximum atomic E-state index is 13.1. The Balaban J connectivity index is 2.34. The lowest BCUT2D eigenvalue weighted by molar-refractivity contribution is -0.174. The van der Waals surface area contributed by atoms with Gasteiger partial charge in [-0.25, -0.2) is 9.78 Å². The quantitative estimate of drug-likeness (QED) is 0.368. The fourth-order valence-corrected chi connectivity index (χ4v) is 3.57. The van der Waals surface area contributed by atoms with Gasteiger partial charge in [0.25, 0.3) is 0 Å². The van der Waals surface area contributed by atoms with Gasteiger partial charge in [0.15, 0.2) is 6.23 Å². The van der Waals surface area contributed by atoms with Gasteiger partial charge in [-0.2, -0.15) is 0 Å². The van der Waals surface area contributed by atoms with Gasteiger partial charge < -0.3 is 25.1 Å². The largest absolute Gasteiger partial charge is 0.474 e. The summed E-state index contributed by atoms with van der Waals surface area (Å²) in [6.45, 7) is 10.8. The number of rotatable bonds is 9. The smallest absolute Gasteiger partial charge is 0.411 e. The monoisotopic (exact) mass is 473 g/mol. The van der Waals surface area contributed by atoms with Crippen LogP contribution in [0.2, 0.25) is 0 Å². The van der Waals surface area contributed by atoms with Crippen LogP contribution in [0.5, 0.6) is 11.6 Å². The normalized spacial score (nSPS) is 14.3. The average Bonchev–Trinajstić information content (AvgIpc) is 2.71. The number of aliphatic hydroxyl groups excluding tert-OH is 1. The van der Waals surface area contributed by atoms with Crippen molar-refractivity contribution < 1.29 is 28.9 Å². The minimum Gasteiger partial charge on any atom is -0.474 e. The highest BCUT2D eigenvalue weighted by molar-refractivity contribution is 5.77. The molecule has 0 saturated carbocycles. The van der Waals surface area contributed by atoms with E-state index in [4.69, 9.17) is 25.7 Å². The predicted molar refractivity (Wildman–Crippen MR) is 128 cm³/mol. The van der Waals surface area contributed by atoms with Crippen molar-refractivity contribution in [3.8, 4) is 22.8 Å². The predicted octanol–water partition coefficient (Wildman–Crippen LogP) is 3.76. The van der Waals surface area contributed by atoms with Gasteiger partial charge in [0.05, 0.1) is 6.61 Å². The fourth-order valence-electron chi connectivity index (χ4n) is 3.57. The summed E-state index contributed by atoms with van der Waals surface area (Å²) in [5.41, 5.74) is 11.6. The zero-order chi connectivity index (χ0) is 25.7. The summed E-state index contributed by atoms with van der Waals surface area (Å²) < 4.78 is 16.5. The van der Waals surface area contributed by atoms with E-state index >= 15 is 0 Å². The molecule has 0 spiro atoms. The molecule has 1 aromatic carbocycles. The highest BCUT2D eigenvalue weighted by Gasteiger charge is 2.45. The molecule has 1 amide bonds. The van der Waals surface area contributed by atoms with Crippen molar-refractivity contribution >= 4 is 12.1 Å². The van der Waals surface area contributed by atoms with Crippen LogP contribution in [0.4, 0.5) is 4.79 Å². The molecular formula is C25H35N3O6. The molecule has 2 rings (SSSR count). The van der Waals surface area contributed by atoms with E-state index in [9.17, 15) is 14.7 Å². The maximum absolute atomic E-state index is 13.1. The lowest BCUT2D eigenvalue weighted by Crippen LogP contribution is -2.52. The van der Waals surface area contributed by atoms with E-state index < -0.39 is 29.3 Å². The van der Waals surface area contributed by atoms with Crippen LogP contribution < -0.4 is 20.9 Å². The molecule has 0 aliphatic rings. The molecule has 9 nitrogen and oxygen atoms in total. The summed E-state index contributed by atoms with van der Waals surface area (Å²) in [6, 6.07) is 8.42. The summed E-state index contributed by atoms with van der Waals surface area (Å²) in [5.74, 6) is 0.122. The van der Waals surface area contributed by atoms with Gasteiger partial charge in [-0.3, -0.25) is 10.5 Å². The van der Waals surface area contributed by atoms with Crippen molar-refractivity contribution in [3.05, 3.63) is 42.1 Å². The molecule has 0 bridgehead atoms. The molecule has 0 fully saturated rings. The van der Waals surface area contributed by atoms with Crippen molar-refractivity contribution in [2.45, 2.75) is 66.4 Å². The minimum atomic E-state index is -1.11. The first kappa shape index (κ1) is 27.1. The molecule has 9 heteroatoms. The number of esters is 1. The number of pyridine rings is 1. The zero-order valence-electron chi connectivity index (χ0n) is 20.6. The van der Waals surface area contributed by atoms with Gasteiger partial charge >= 0.3 is 12.1 Å². The van der Waals surface area contributed by atoms with Gasteiger partial charge in [-0.05, 0) is 69.4 Å². The molecule has 1 aromatic heterocycles. The van der Waals surface area contributed by atoms with Gasteiger partial charge in [-0.1, -0.05) is 19.9 Å². The second-order valence-electron chi connectivity index (χ2n) is 9.84. The number of primary amides is 1. The molecule has 0 radical (unpaired) electrons. The average molecular weight is 474 g/mol. The van der Waals surface area contributed by atoms with Crippen molar-refractivity contribution in [1.29, 1.82) is 0 Å². The third-order valence-electron chi connectivity index (χ3n) is 5.08. The van der Waals surface area contributed by atoms with E-state index in [2.05, 4.69) is 4.98 Å². The first-order valence-electron chi connectivity index (χ1n) is 11.1. The van der Waals surface area contributed by atoms with Crippen molar-refractivity contribution in [3.63, 3.8) is 0 Å². The lowest BCUT2D eigenvalue weighted by atomic mass is 9.80. The molecule has 0 aliphatic heterocycles. The number of nitrogens with zero attached hydrogens (tertiary/aromatic N) is 1. The standard InChI is InChI=1S/C25H35N3O6/c1-15(2)13-25(6,22(30)34-24(3,4)5)21(26)32-19-8-7-16(11-18(19)14-29)17-9-10-28-20(12-17)33-23(27)31/h7-12,15,21,29H,13-14,26H2,1-6H3,(H2,27,31). The molecule has 2 aromatic rings. The van der Waals surface area contributed by atoms with E-state index in [0.717, 1.165) is 5.56 Å². The number of amides is 1. The molecule has 0 saturated heterocycles. The Morgan fingerprint density at radius 3 is 2.29 bits per heavy atom. The molecule has 0 aliphatic carbocycles. The van der Waals surface area contributed by atoms with Crippen LogP contribution in [0.1, 0.15) is 53.5 Å². The van der Waals surface area contributed by atoms with Crippen LogP contribution in [0, 0.1) is 11.3 Å². The molecular weight excluding hydrogens is 438 g/mol. The van der Waals surface area contributed by atoms with Crippen molar-refractivity contribution in [2.24, 2.45) is 22.8 Å². The number of hydrogen-bond acceptors (Lipinski definition) is 8.